The maximum absolute atomic E-state index is 12.0. The van der Waals surface area contributed by atoms with Gasteiger partial charge in [-0.2, -0.15) is 0 Å². The second-order valence-corrected chi connectivity index (χ2v) is 4.56. The molecule has 1 unspecified atom stereocenters. The summed E-state index contributed by atoms with van der Waals surface area (Å²) in [7, 11) is 1.52. The number of aliphatic hydroxyl groups excluding tert-OH is 1. The summed E-state index contributed by atoms with van der Waals surface area (Å²) < 4.78 is 5.06. The molecule has 2 N–H and O–H groups in total. The topological polar surface area (TPSA) is 58.6 Å². The van der Waals surface area contributed by atoms with Gasteiger partial charge in [-0.3, -0.25) is 4.79 Å². The smallest absolute Gasteiger partial charge is 0.257 e. The first-order chi connectivity index (χ1) is 9.61. The SMILES string of the molecule is COc1cccc(C(O)C(=O)Nc2ccccc2Cl)c1. The third kappa shape index (κ3) is 3.29. The molecule has 0 spiro atoms. The van der Waals surface area contributed by atoms with Gasteiger partial charge in [-0.25, -0.2) is 0 Å². The van der Waals surface area contributed by atoms with Crippen molar-refractivity contribution in [3.63, 3.8) is 0 Å². The molecule has 0 aliphatic carbocycles. The van der Waals surface area contributed by atoms with E-state index in [1.54, 1.807) is 48.5 Å². The highest BCUT2D eigenvalue weighted by Gasteiger charge is 2.18. The first-order valence-corrected chi connectivity index (χ1v) is 6.37. The molecule has 0 fully saturated rings. The van der Waals surface area contributed by atoms with Crippen molar-refractivity contribution in [2.45, 2.75) is 6.10 Å². The van der Waals surface area contributed by atoms with Crippen LogP contribution >= 0.6 is 11.6 Å². The summed E-state index contributed by atoms with van der Waals surface area (Å²) in [6.07, 6.45) is -1.29. The van der Waals surface area contributed by atoms with Crippen molar-refractivity contribution in [1.82, 2.24) is 0 Å². The van der Waals surface area contributed by atoms with Crippen LogP contribution in [0.3, 0.4) is 0 Å². The van der Waals surface area contributed by atoms with Crippen molar-refractivity contribution in [2.24, 2.45) is 0 Å². The molecule has 20 heavy (non-hydrogen) atoms. The number of hydrogen-bond acceptors (Lipinski definition) is 3. The Morgan fingerprint density at radius 1 is 1.25 bits per heavy atom. The Hall–Kier alpha value is -2.04. The van der Waals surface area contributed by atoms with Crippen LogP contribution in [0.5, 0.6) is 5.75 Å². The molecular weight excluding hydrogens is 278 g/mol. The van der Waals surface area contributed by atoms with Crippen molar-refractivity contribution in [3.8, 4) is 5.75 Å². The molecule has 0 aliphatic heterocycles. The second kappa shape index (κ2) is 6.41. The predicted octanol–water partition coefficient (Wildman–Crippen LogP) is 3.02. The van der Waals surface area contributed by atoms with Gasteiger partial charge in [0, 0.05) is 0 Å². The summed E-state index contributed by atoms with van der Waals surface area (Å²) in [5.74, 6) is 0.0263. The van der Waals surface area contributed by atoms with Gasteiger partial charge in [0.2, 0.25) is 0 Å². The number of hydrogen-bond donors (Lipinski definition) is 2. The van der Waals surface area contributed by atoms with Crippen LogP contribution in [0, 0.1) is 0 Å². The molecule has 2 rings (SSSR count). The molecule has 5 heteroatoms. The zero-order chi connectivity index (χ0) is 14.5. The van der Waals surface area contributed by atoms with Gasteiger partial charge in [0.25, 0.3) is 5.91 Å². The minimum Gasteiger partial charge on any atom is -0.497 e. The minimum atomic E-state index is -1.29. The number of methoxy groups -OCH3 is 1. The van der Waals surface area contributed by atoms with Gasteiger partial charge in [-0.05, 0) is 29.8 Å². The standard InChI is InChI=1S/C15H14ClNO3/c1-20-11-6-4-5-10(9-11)14(18)15(19)17-13-8-3-2-7-12(13)16/h2-9,14,18H,1H3,(H,17,19). The van der Waals surface area contributed by atoms with E-state index in [1.165, 1.54) is 7.11 Å². The summed E-state index contributed by atoms with van der Waals surface area (Å²) in [5, 5.41) is 13.1. The molecule has 2 aromatic carbocycles. The Morgan fingerprint density at radius 2 is 2.00 bits per heavy atom. The number of para-hydroxylation sites is 1. The van der Waals surface area contributed by atoms with E-state index in [-0.39, 0.29) is 0 Å². The lowest BCUT2D eigenvalue weighted by atomic mass is 10.1. The third-order valence-electron chi connectivity index (χ3n) is 2.79. The van der Waals surface area contributed by atoms with Gasteiger partial charge in [0.15, 0.2) is 6.10 Å². The lowest BCUT2D eigenvalue weighted by Crippen LogP contribution is -2.21. The van der Waals surface area contributed by atoms with Crippen LogP contribution in [0.4, 0.5) is 5.69 Å². The highest BCUT2D eigenvalue weighted by atomic mass is 35.5. The van der Waals surface area contributed by atoms with Gasteiger partial charge < -0.3 is 15.2 Å². The van der Waals surface area contributed by atoms with Crippen LogP contribution in [0.1, 0.15) is 11.7 Å². The van der Waals surface area contributed by atoms with Crippen molar-refractivity contribution >= 4 is 23.2 Å². The lowest BCUT2D eigenvalue weighted by molar-refractivity contribution is -0.124. The van der Waals surface area contributed by atoms with Crippen molar-refractivity contribution in [2.75, 3.05) is 12.4 Å². The summed E-state index contributed by atoms with van der Waals surface area (Å²) >= 11 is 5.95. The lowest BCUT2D eigenvalue weighted by Gasteiger charge is -2.13. The first-order valence-electron chi connectivity index (χ1n) is 5.99. The van der Waals surface area contributed by atoms with E-state index in [4.69, 9.17) is 16.3 Å². The normalized spacial score (nSPS) is 11.8. The molecule has 4 nitrogen and oxygen atoms in total. The zero-order valence-electron chi connectivity index (χ0n) is 10.8. The van der Waals surface area contributed by atoms with Crippen LogP contribution in [0.25, 0.3) is 0 Å². The highest BCUT2D eigenvalue weighted by molar-refractivity contribution is 6.33. The highest BCUT2D eigenvalue weighted by Crippen LogP contribution is 2.24. The van der Waals surface area contributed by atoms with Crippen LogP contribution in [-0.2, 0) is 4.79 Å². The third-order valence-corrected chi connectivity index (χ3v) is 3.12. The van der Waals surface area contributed by atoms with Crippen LogP contribution in [-0.4, -0.2) is 18.1 Å². The fraction of sp³-hybridized carbons (Fsp3) is 0.133. The summed E-state index contributed by atoms with van der Waals surface area (Å²) in [6.45, 7) is 0. The molecule has 0 saturated carbocycles. The number of aliphatic hydroxyl groups is 1. The average Bonchev–Trinajstić information content (AvgIpc) is 2.48. The zero-order valence-corrected chi connectivity index (χ0v) is 11.6. The predicted molar refractivity (Wildman–Crippen MR) is 78.0 cm³/mol. The van der Waals surface area contributed by atoms with E-state index in [0.717, 1.165) is 0 Å². The summed E-state index contributed by atoms with van der Waals surface area (Å²) in [4.78, 5) is 12.0. The molecule has 104 valence electrons. The number of carbonyl (C=O) groups is 1. The van der Waals surface area contributed by atoms with Gasteiger partial charge in [0.05, 0.1) is 17.8 Å². The Kier molecular flexibility index (Phi) is 4.61. The largest absolute Gasteiger partial charge is 0.497 e. The molecule has 0 saturated heterocycles. The van der Waals surface area contributed by atoms with E-state index in [1.807, 2.05) is 0 Å². The Morgan fingerprint density at radius 3 is 2.70 bits per heavy atom. The van der Waals surface area contributed by atoms with Crippen LogP contribution < -0.4 is 10.1 Å². The maximum Gasteiger partial charge on any atom is 0.257 e. The Balaban J connectivity index is 2.14. The van der Waals surface area contributed by atoms with Gasteiger partial charge >= 0.3 is 0 Å². The number of amides is 1. The fourth-order valence-corrected chi connectivity index (χ4v) is 1.91. The van der Waals surface area contributed by atoms with E-state index >= 15 is 0 Å². The molecule has 0 radical (unpaired) electrons. The van der Waals surface area contributed by atoms with Crippen LogP contribution in [0.2, 0.25) is 5.02 Å². The van der Waals surface area contributed by atoms with Crippen LogP contribution in [0.15, 0.2) is 48.5 Å². The average molecular weight is 292 g/mol. The number of anilines is 1. The number of nitrogens with one attached hydrogen (secondary N) is 1. The molecular formula is C15H14ClNO3. The van der Waals surface area contributed by atoms with Crippen molar-refractivity contribution in [3.05, 3.63) is 59.1 Å². The number of ether oxygens (including phenoxy) is 1. The van der Waals surface area contributed by atoms with E-state index in [0.29, 0.717) is 22.0 Å². The molecule has 2 aromatic rings. The van der Waals surface area contributed by atoms with Gasteiger partial charge in [-0.1, -0.05) is 35.9 Å². The number of halogens is 1. The Labute approximate surface area is 122 Å². The van der Waals surface area contributed by atoms with E-state index in [2.05, 4.69) is 5.32 Å². The molecule has 1 atom stereocenters. The van der Waals surface area contributed by atoms with Crippen molar-refractivity contribution < 1.29 is 14.6 Å². The maximum atomic E-state index is 12.0. The van der Waals surface area contributed by atoms with Gasteiger partial charge in [-0.15, -0.1) is 0 Å². The first kappa shape index (κ1) is 14.4. The number of benzene rings is 2. The van der Waals surface area contributed by atoms with E-state index < -0.39 is 12.0 Å². The molecule has 0 aromatic heterocycles. The minimum absolute atomic E-state index is 0.415. The summed E-state index contributed by atoms with van der Waals surface area (Å²) in [6, 6.07) is 13.5. The number of carbonyl (C=O) groups excluding carboxylic acids is 1. The monoisotopic (exact) mass is 291 g/mol. The molecule has 1 amide bonds. The molecule has 0 aliphatic rings. The van der Waals surface area contributed by atoms with Crippen molar-refractivity contribution in [1.29, 1.82) is 0 Å². The fourth-order valence-electron chi connectivity index (χ4n) is 1.73. The molecule has 0 heterocycles. The summed E-state index contributed by atoms with van der Waals surface area (Å²) in [5.41, 5.74) is 0.912. The number of rotatable bonds is 4. The quantitative estimate of drug-likeness (QED) is 0.910. The molecule has 0 bridgehead atoms. The second-order valence-electron chi connectivity index (χ2n) is 4.15. The Bertz CT molecular complexity index is 616. The van der Waals surface area contributed by atoms with E-state index in [9.17, 15) is 9.90 Å². The van der Waals surface area contributed by atoms with Gasteiger partial charge in [0.1, 0.15) is 5.75 Å².